The predicted molar refractivity (Wildman–Crippen MR) is 90.6 cm³/mol. The number of anilines is 1. The highest BCUT2D eigenvalue weighted by Gasteiger charge is 2.32. The molecule has 1 aliphatic rings. The quantitative estimate of drug-likeness (QED) is 0.837. The van der Waals surface area contributed by atoms with Crippen LogP contribution < -0.4 is 10.2 Å². The number of methoxy groups -OCH3 is 1. The summed E-state index contributed by atoms with van der Waals surface area (Å²) in [6.07, 6.45) is 1.34. The average Bonchev–Trinajstić information content (AvgIpc) is 2.84. The Morgan fingerprint density at radius 1 is 1.00 bits per heavy atom. The van der Waals surface area contributed by atoms with Gasteiger partial charge in [-0.05, 0) is 42.0 Å². The van der Waals surface area contributed by atoms with E-state index < -0.39 is 5.91 Å². The van der Waals surface area contributed by atoms with Crippen LogP contribution in [0.4, 0.5) is 5.69 Å². The highest BCUT2D eigenvalue weighted by atomic mass is 79.9. The van der Waals surface area contributed by atoms with Gasteiger partial charge in [0, 0.05) is 10.5 Å². The molecule has 23 heavy (non-hydrogen) atoms. The van der Waals surface area contributed by atoms with E-state index in [4.69, 9.17) is 4.74 Å². The Balaban J connectivity index is 1.79. The van der Waals surface area contributed by atoms with Crippen LogP contribution in [-0.4, -0.2) is 23.9 Å². The Labute approximate surface area is 141 Å². The smallest absolute Gasteiger partial charge is 0.280 e. The van der Waals surface area contributed by atoms with Crippen LogP contribution in [0.2, 0.25) is 0 Å². The molecule has 0 atom stereocenters. The number of ether oxygens (including phenoxy) is 1. The van der Waals surface area contributed by atoms with E-state index >= 15 is 0 Å². The van der Waals surface area contributed by atoms with Crippen molar-refractivity contribution < 1.29 is 14.3 Å². The zero-order valence-corrected chi connectivity index (χ0v) is 13.8. The molecule has 2 amide bonds. The van der Waals surface area contributed by atoms with Gasteiger partial charge in [-0.2, -0.15) is 5.01 Å². The van der Waals surface area contributed by atoms with Crippen LogP contribution in [0.3, 0.4) is 0 Å². The summed E-state index contributed by atoms with van der Waals surface area (Å²) in [6, 6.07) is 14.2. The molecule has 2 aromatic carbocycles. The van der Waals surface area contributed by atoms with Gasteiger partial charge in [0.05, 0.1) is 18.4 Å². The van der Waals surface area contributed by atoms with Crippen LogP contribution in [0.15, 0.2) is 59.1 Å². The lowest BCUT2D eigenvalue weighted by atomic mass is 10.1. The molecule has 3 rings (SSSR count). The van der Waals surface area contributed by atoms with Crippen molar-refractivity contribution in [2.75, 3.05) is 12.5 Å². The molecular formula is C17H13BrN2O3. The van der Waals surface area contributed by atoms with Crippen molar-refractivity contribution in [2.45, 2.75) is 0 Å². The van der Waals surface area contributed by atoms with E-state index in [2.05, 4.69) is 21.4 Å². The van der Waals surface area contributed by atoms with Crippen LogP contribution in [0, 0.1) is 0 Å². The first-order valence-corrected chi connectivity index (χ1v) is 7.64. The van der Waals surface area contributed by atoms with Crippen molar-refractivity contribution in [3.63, 3.8) is 0 Å². The summed E-state index contributed by atoms with van der Waals surface area (Å²) in [4.78, 5) is 24.6. The minimum Gasteiger partial charge on any atom is -0.497 e. The van der Waals surface area contributed by atoms with Crippen LogP contribution in [0.25, 0.3) is 5.57 Å². The zero-order chi connectivity index (χ0) is 16.4. The largest absolute Gasteiger partial charge is 0.497 e. The van der Waals surface area contributed by atoms with E-state index in [-0.39, 0.29) is 5.91 Å². The second-order valence-electron chi connectivity index (χ2n) is 4.88. The van der Waals surface area contributed by atoms with Gasteiger partial charge in [-0.15, -0.1) is 0 Å². The summed E-state index contributed by atoms with van der Waals surface area (Å²) in [6.45, 7) is 0. The number of carbonyl (C=O) groups is 2. The van der Waals surface area contributed by atoms with Crippen LogP contribution in [0.5, 0.6) is 5.75 Å². The van der Waals surface area contributed by atoms with Crippen molar-refractivity contribution >= 4 is 39.0 Å². The molecule has 116 valence electrons. The molecule has 1 N–H and O–H groups in total. The van der Waals surface area contributed by atoms with Gasteiger partial charge in [-0.1, -0.05) is 28.1 Å². The van der Waals surface area contributed by atoms with Crippen LogP contribution in [0.1, 0.15) is 5.56 Å². The molecule has 1 heterocycles. The molecule has 0 unspecified atom stereocenters. The summed E-state index contributed by atoms with van der Waals surface area (Å²) in [5.41, 5.74) is 4.51. The second-order valence-corrected chi connectivity index (χ2v) is 5.80. The SMILES string of the molecule is COc1ccc(NN2C(=O)C=C(c3ccc(Br)cc3)C2=O)cc1. The average molecular weight is 373 g/mol. The van der Waals surface area contributed by atoms with E-state index in [1.165, 1.54) is 6.08 Å². The lowest BCUT2D eigenvalue weighted by Crippen LogP contribution is -2.36. The number of halogens is 1. The third kappa shape index (κ3) is 3.12. The molecule has 0 aliphatic carbocycles. The predicted octanol–water partition coefficient (Wildman–Crippen LogP) is 3.24. The van der Waals surface area contributed by atoms with Gasteiger partial charge in [0.1, 0.15) is 5.75 Å². The molecule has 0 spiro atoms. The summed E-state index contributed by atoms with van der Waals surface area (Å²) in [5, 5.41) is 0.999. The van der Waals surface area contributed by atoms with Gasteiger partial charge < -0.3 is 4.74 Å². The normalized spacial score (nSPS) is 14.0. The maximum atomic E-state index is 12.5. The first-order chi connectivity index (χ1) is 11.1. The van der Waals surface area contributed by atoms with Crippen molar-refractivity contribution in [3.05, 3.63) is 64.6 Å². The molecule has 1 aliphatic heterocycles. The van der Waals surface area contributed by atoms with E-state index in [0.29, 0.717) is 22.6 Å². The van der Waals surface area contributed by atoms with E-state index in [1.54, 1.807) is 43.5 Å². The fourth-order valence-electron chi connectivity index (χ4n) is 2.21. The number of hydrogen-bond acceptors (Lipinski definition) is 4. The molecule has 0 saturated carbocycles. The molecule has 0 bridgehead atoms. The summed E-state index contributed by atoms with van der Waals surface area (Å²) in [7, 11) is 1.57. The molecule has 0 fully saturated rings. The first kappa shape index (κ1) is 15.3. The lowest BCUT2D eigenvalue weighted by molar-refractivity contribution is -0.134. The van der Waals surface area contributed by atoms with Crippen molar-refractivity contribution in [1.82, 2.24) is 5.01 Å². The molecule has 2 aromatic rings. The zero-order valence-electron chi connectivity index (χ0n) is 12.2. The Hall–Kier alpha value is -2.60. The number of benzene rings is 2. The lowest BCUT2D eigenvalue weighted by Gasteiger charge is -2.17. The molecule has 0 aromatic heterocycles. The van der Waals surface area contributed by atoms with E-state index in [0.717, 1.165) is 9.48 Å². The number of nitrogens with zero attached hydrogens (tertiary/aromatic N) is 1. The Bertz CT molecular complexity index is 782. The van der Waals surface area contributed by atoms with Crippen LogP contribution in [-0.2, 0) is 9.59 Å². The first-order valence-electron chi connectivity index (χ1n) is 6.85. The Kier molecular flexibility index (Phi) is 4.16. The number of carbonyl (C=O) groups excluding carboxylic acids is 2. The van der Waals surface area contributed by atoms with Gasteiger partial charge in [-0.3, -0.25) is 15.0 Å². The third-order valence-corrected chi connectivity index (χ3v) is 3.94. The maximum Gasteiger partial charge on any atom is 0.280 e. The topological polar surface area (TPSA) is 58.6 Å². The van der Waals surface area contributed by atoms with Crippen molar-refractivity contribution in [1.29, 1.82) is 0 Å². The second kappa shape index (κ2) is 6.26. The summed E-state index contributed by atoms with van der Waals surface area (Å²) >= 11 is 3.34. The standard InChI is InChI=1S/C17H13BrN2O3/c1-23-14-8-6-13(7-9-14)19-20-16(21)10-15(17(20)22)11-2-4-12(18)5-3-11/h2-10,19H,1H3. The van der Waals surface area contributed by atoms with Gasteiger partial charge in [0.25, 0.3) is 11.8 Å². The number of hydrazine groups is 1. The Morgan fingerprint density at radius 3 is 2.26 bits per heavy atom. The Morgan fingerprint density at radius 2 is 1.65 bits per heavy atom. The molecule has 6 heteroatoms. The third-order valence-electron chi connectivity index (χ3n) is 3.41. The number of rotatable bonds is 4. The molecule has 5 nitrogen and oxygen atoms in total. The van der Waals surface area contributed by atoms with Crippen molar-refractivity contribution in [2.24, 2.45) is 0 Å². The van der Waals surface area contributed by atoms with Gasteiger partial charge in [-0.25, -0.2) is 0 Å². The fourth-order valence-corrected chi connectivity index (χ4v) is 2.47. The van der Waals surface area contributed by atoms with E-state index in [1.807, 2.05) is 12.1 Å². The highest BCUT2D eigenvalue weighted by Crippen LogP contribution is 2.26. The van der Waals surface area contributed by atoms with E-state index in [9.17, 15) is 9.59 Å². The molecular weight excluding hydrogens is 360 g/mol. The number of amides is 2. The number of hydrogen-bond donors (Lipinski definition) is 1. The minimum atomic E-state index is -0.399. The van der Waals surface area contributed by atoms with Gasteiger partial charge in [0.15, 0.2) is 0 Å². The summed E-state index contributed by atoms with van der Waals surface area (Å²) < 4.78 is 5.99. The fraction of sp³-hybridized carbons (Fsp3) is 0.0588. The number of imide groups is 1. The monoisotopic (exact) mass is 372 g/mol. The van der Waals surface area contributed by atoms with Gasteiger partial charge in [0.2, 0.25) is 0 Å². The van der Waals surface area contributed by atoms with Crippen LogP contribution >= 0.6 is 15.9 Å². The number of nitrogens with one attached hydrogen (secondary N) is 1. The van der Waals surface area contributed by atoms with Crippen molar-refractivity contribution in [3.8, 4) is 5.75 Å². The minimum absolute atomic E-state index is 0.364. The maximum absolute atomic E-state index is 12.5. The summed E-state index contributed by atoms with van der Waals surface area (Å²) in [5.74, 6) is -0.0832. The molecule has 0 radical (unpaired) electrons. The molecule has 0 saturated heterocycles. The van der Waals surface area contributed by atoms with Gasteiger partial charge >= 0.3 is 0 Å². The highest BCUT2D eigenvalue weighted by molar-refractivity contribution is 9.10.